The molecule has 0 radical (unpaired) electrons. The van der Waals surface area contributed by atoms with Crippen molar-refractivity contribution in [2.75, 3.05) is 0 Å². The van der Waals surface area contributed by atoms with Gasteiger partial charge in [-0.2, -0.15) is 5.10 Å². The van der Waals surface area contributed by atoms with Crippen LogP contribution >= 0.6 is 0 Å². The van der Waals surface area contributed by atoms with Crippen LogP contribution in [0.5, 0.6) is 0 Å². The zero-order valence-corrected chi connectivity index (χ0v) is 8.14. The van der Waals surface area contributed by atoms with Gasteiger partial charge in [0.05, 0.1) is 5.70 Å². The van der Waals surface area contributed by atoms with Crippen LogP contribution in [0.2, 0.25) is 0 Å². The fraction of sp³-hybridized carbons (Fsp3) is 0. The minimum absolute atomic E-state index is 1.05. The van der Waals surface area contributed by atoms with Gasteiger partial charge in [-0.1, -0.05) is 36.4 Å². The standard InChI is InChI=1S/C13H10N2/c1-2-6-11-10(4-1)5-3-7-13-12(11)8-9-14-15-13/h1-9,15H. The Morgan fingerprint density at radius 1 is 1.07 bits per heavy atom. The molecule has 0 atom stereocenters. The Morgan fingerprint density at radius 3 is 3.00 bits per heavy atom. The monoisotopic (exact) mass is 194 g/mol. The zero-order valence-electron chi connectivity index (χ0n) is 8.14. The van der Waals surface area contributed by atoms with Crippen molar-refractivity contribution in [3.05, 3.63) is 59.3 Å². The number of hydrogen-bond acceptors (Lipinski definition) is 2. The molecule has 2 heteroatoms. The molecule has 3 rings (SSSR count). The number of fused-ring (bicyclic) bond motifs is 3. The first-order chi connectivity index (χ1) is 7.45. The molecule has 2 aliphatic rings. The average Bonchev–Trinajstić information content (AvgIpc) is 2.48. The van der Waals surface area contributed by atoms with E-state index in [4.69, 9.17) is 0 Å². The summed E-state index contributed by atoms with van der Waals surface area (Å²) in [6.45, 7) is 0. The summed E-state index contributed by atoms with van der Waals surface area (Å²) >= 11 is 0. The highest BCUT2D eigenvalue weighted by Gasteiger charge is 2.13. The van der Waals surface area contributed by atoms with Crippen molar-refractivity contribution < 1.29 is 0 Å². The lowest BCUT2D eigenvalue weighted by atomic mass is 9.98. The zero-order chi connectivity index (χ0) is 10.1. The predicted molar refractivity (Wildman–Crippen MR) is 63.2 cm³/mol. The summed E-state index contributed by atoms with van der Waals surface area (Å²) in [7, 11) is 0. The topological polar surface area (TPSA) is 24.4 Å². The number of hydrazone groups is 1. The lowest BCUT2D eigenvalue weighted by Gasteiger charge is -2.14. The van der Waals surface area contributed by atoms with Crippen molar-refractivity contribution >= 4 is 17.9 Å². The van der Waals surface area contributed by atoms with E-state index in [9.17, 15) is 0 Å². The maximum Gasteiger partial charge on any atom is 0.0640 e. The molecule has 1 aromatic rings. The number of benzene rings is 1. The average molecular weight is 194 g/mol. The third-order valence-electron chi connectivity index (χ3n) is 2.58. The summed E-state index contributed by atoms with van der Waals surface area (Å²) in [5.74, 6) is 0. The van der Waals surface area contributed by atoms with E-state index in [1.54, 1.807) is 6.21 Å². The van der Waals surface area contributed by atoms with Crippen LogP contribution in [0, 0.1) is 0 Å². The Balaban J connectivity index is 2.26. The summed E-state index contributed by atoms with van der Waals surface area (Å²) in [6.07, 6.45) is 10.0. The fourth-order valence-electron chi connectivity index (χ4n) is 1.87. The van der Waals surface area contributed by atoms with Crippen LogP contribution in [0.15, 0.2) is 53.3 Å². The van der Waals surface area contributed by atoms with E-state index in [-0.39, 0.29) is 0 Å². The normalized spacial score (nSPS) is 16.8. The van der Waals surface area contributed by atoms with Crippen LogP contribution in [0.1, 0.15) is 11.1 Å². The molecular weight excluding hydrogens is 184 g/mol. The van der Waals surface area contributed by atoms with Crippen molar-refractivity contribution in [2.24, 2.45) is 5.10 Å². The molecule has 1 aliphatic carbocycles. The summed E-state index contributed by atoms with van der Waals surface area (Å²) in [6, 6.07) is 8.36. The molecule has 1 aliphatic heterocycles. The maximum atomic E-state index is 4.02. The van der Waals surface area contributed by atoms with Crippen LogP contribution in [0.25, 0.3) is 11.6 Å². The van der Waals surface area contributed by atoms with Gasteiger partial charge in [-0.25, -0.2) is 0 Å². The first-order valence-corrected chi connectivity index (χ1v) is 4.93. The molecule has 15 heavy (non-hydrogen) atoms. The molecular formula is C13H10N2. The molecule has 1 aromatic carbocycles. The first kappa shape index (κ1) is 8.24. The Labute approximate surface area is 88.3 Å². The van der Waals surface area contributed by atoms with Crippen LogP contribution in [-0.4, -0.2) is 6.21 Å². The number of allylic oxidation sites excluding steroid dienone is 4. The number of nitrogens with one attached hydrogen (secondary N) is 1. The number of hydrogen-bond donors (Lipinski definition) is 1. The third kappa shape index (κ3) is 1.31. The second-order valence-corrected chi connectivity index (χ2v) is 3.50. The highest BCUT2D eigenvalue weighted by Crippen LogP contribution is 2.28. The second kappa shape index (κ2) is 3.24. The van der Waals surface area contributed by atoms with E-state index < -0.39 is 0 Å². The summed E-state index contributed by atoms with van der Waals surface area (Å²) in [5, 5.41) is 4.02. The lowest BCUT2D eigenvalue weighted by Crippen LogP contribution is -2.11. The van der Waals surface area contributed by atoms with Gasteiger partial charge in [0.25, 0.3) is 0 Å². The van der Waals surface area contributed by atoms with Gasteiger partial charge in [-0.15, -0.1) is 0 Å². The molecule has 0 bridgehead atoms. The van der Waals surface area contributed by atoms with Crippen LogP contribution in [-0.2, 0) is 0 Å². The van der Waals surface area contributed by atoms with Crippen LogP contribution < -0.4 is 5.43 Å². The molecule has 0 saturated heterocycles. The molecule has 1 heterocycles. The highest BCUT2D eigenvalue weighted by molar-refractivity contribution is 5.95. The van der Waals surface area contributed by atoms with Crippen molar-refractivity contribution in [2.45, 2.75) is 0 Å². The summed E-state index contributed by atoms with van der Waals surface area (Å²) in [4.78, 5) is 0. The van der Waals surface area contributed by atoms with Gasteiger partial charge in [-0.05, 0) is 23.3 Å². The van der Waals surface area contributed by atoms with E-state index in [0.29, 0.717) is 0 Å². The van der Waals surface area contributed by atoms with Gasteiger partial charge >= 0.3 is 0 Å². The van der Waals surface area contributed by atoms with Crippen LogP contribution in [0.3, 0.4) is 0 Å². The second-order valence-electron chi connectivity index (χ2n) is 3.50. The third-order valence-corrected chi connectivity index (χ3v) is 2.58. The van der Waals surface area contributed by atoms with Gasteiger partial charge in [0.1, 0.15) is 0 Å². The lowest BCUT2D eigenvalue weighted by molar-refractivity contribution is 0.925. The highest BCUT2D eigenvalue weighted by atomic mass is 15.3. The Bertz CT molecular complexity index is 519. The summed E-state index contributed by atoms with van der Waals surface area (Å²) < 4.78 is 0. The van der Waals surface area contributed by atoms with Gasteiger partial charge in [0.2, 0.25) is 0 Å². The minimum atomic E-state index is 1.05. The fourth-order valence-corrected chi connectivity index (χ4v) is 1.87. The predicted octanol–water partition coefficient (Wildman–Crippen LogP) is 2.57. The number of nitrogens with zero attached hydrogens (tertiary/aromatic N) is 1. The van der Waals surface area contributed by atoms with E-state index in [1.165, 1.54) is 16.7 Å². The molecule has 2 nitrogen and oxygen atoms in total. The largest absolute Gasteiger partial charge is 0.278 e. The SMILES string of the molecule is C1=Cc2ccccc2C2=CC=NNC2=C1. The van der Waals surface area contributed by atoms with Crippen molar-refractivity contribution in [1.82, 2.24) is 5.43 Å². The Hall–Kier alpha value is -2.09. The number of rotatable bonds is 0. The Kier molecular flexibility index (Phi) is 1.78. The van der Waals surface area contributed by atoms with Gasteiger partial charge < -0.3 is 0 Å². The van der Waals surface area contributed by atoms with Crippen LogP contribution in [0.4, 0.5) is 0 Å². The van der Waals surface area contributed by atoms with E-state index >= 15 is 0 Å². The van der Waals surface area contributed by atoms with E-state index in [2.05, 4.69) is 40.9 Å². The van der Waals surface area contributed by atoms with Crippen molar-refractivity contribution in [3.63, 3.8) is 0 Å². The Morgan fingerprint density at radius 2 is 2.00 bits per heavy atom. The molecule has 0 unspecified atom stereocenters. The molecule has 0 amide bonds. The van der Waals surface area contributed by atoms with Crippen molar-refractivity contribution in [1.29, 1.82) is 0 Å². The molecule has 0 aromatic heterocycles. The van der Waals surface area contributed by atoms with Gasteiger partial charge in [0, 0.05) is 11.8 Å². The molecule has 0 spiro atoms. The first-order valence-electron chi connectivity index (χ1n) is 4.93. The van der Waals surface area contributed by atoms with Crippen molar-refractivity contribution in [3.8, 4) is 0 Å². The minimum Gasteiger partial charge on any atom is -0.278 e. The molecule has 0 saturated carbocycles. The molecule has 0 fully saturated rings. The maximum absolute atomic E-state index is 4.02. The van der Waals surface area contributed by atoms with E-state index in [0.717, 1.165) is 5.70 Å². The van der Waals surface area contributed by atoms with E-state index in [1.807, 2.05) is 18.2 Å². The summed E-state index contributed by atoms with van der Waals surface area (Å²) in [5.41, 5.74) is 7.76. The smallest absolute Gasteiger partial charge is 0.0640 e. The molecule has 1 N–H and O–H groups in total. The van der Waals surface area contributed by atoms with Gasteiger partial charge in [-0.3, -0.25) is 5.43 Å². The molecule has 72 valence electrons. The quantitative estimate of drug-likeness (QED) is 0.674. The van der Waals surface area contributed by atoms with Gasteiger partial charge in [0.15, 0.2) is 0 Å².